The Morgan fingerprint density at radius 3 is 2.66 bits per heavy atom. The number of rotatable bonds is 11. The minimum absolute atomic E-state index is 0.103. The highest BCUT2D eigenvalue weighted by Crippen LogP contribution is 2.34. The second kappa shape index (κ2) is 11.6. The largest absolute Gasteiger partial charge is 0.489 e. The summed E-state index contributed by atoms with van der Waals surface area (Å²) < 4.78 is 37.1. The van der Waals surface area contributed by atoms with Crippen LogP contribution in [0.4, 0.5) is 4.39 Å². The van der Waals surface area contributed by atoms with Gasteiger partial charge < -0.3 is 24.4 Å². The molecule has 7 heteroatoms. The normalized spacial score (nSPS) is 11.1. The molecule has 0 radical (unpaired) electrons. The summed E-state index contributed by atoms with van der Waals surface area (Å²) in [6.45, 7) is 1.18. The van der Waals surface area contributed by atoms with Gasteiger partial charge in [-0.2, -0.15) is 0 Å². The van der Waals surface area contributed by atoms with E-state index < -0.39 is 0 Å². The molecule has 0 aliphatic rings. The number of benzene rings is 3. The molecule has 0 bridgehead atoms. The van der Waals surface area contributed by atoms with Gasteiger partial charge in [0.05, 0.1) is 19.3 Å². The van der Waals surface area contributed by atoms with Gasteiger partial charge in [0.1, 0.15) is 23.8 Å². The fourth-order valence-electron chi connectivity index (χ4n) is 3.92. The van der Waals surface area contributed by atoms with Gasteiger partial charge in [0.25, 0.3) is 0 Å². The first-order chi connectivity index (χ1) is 17.1. The zero-order valence-electron chi connectivity index (χ0n) is 19.6. The van der Waals surface area contributed by atoms with Gasteiger partial charge in [-0.1, -0.05) is 36.4 Å². The van der Waals surface area contributed by atoms with Gasteiger partial charge in [0, 0.05) is 54.3 Å². The van der Waals surface area contributed by atoms with Crippen LogP contribution < -0.4 is 10.5 Å². The smallest absolute Gasteiger partial charge is 0.310 e. The quantitative estimate of drug-likeness (QED) is 0.230. The van der Waals surface area contributed by atoms with E-state index in [1.165, 1.54) is 0 Å². The van der Waals surface area contributed by atoms with Gasteiger partial charge in [-0.25, -0.2) is 4.39 Å². The Bertz CT molecular complexity index is 1300. The number of hydrogen-bond acceptors (Lipinski definition) is 6. The van der Waals surface area contributed by atoms with Crippen LogP contribution in [0.3, 0.4) is 0 Å². The number of carbonyl (C=O) groups excluding carboxylic acids is 1. The van der Waals surface area contributed by atoms with Crippen LogP contribution >= 0.6 is 0 Å². The molecular weight excluding hydrogens is 449 g/mol. The van der Waals surface area contributed by atoms with Gasteiger partial charge in [-0.15, -0.1) is 0 Å². The molecule has 0 aliphatic heterocycles. The molecule has 35 heavy (non-hydrogen) atoms. The fraction of sp³-hybridized carbons (Fsp3) is 0.250. The van der Waals surface area contributed by atoms with Crippen molar-refractivity contribution in [1.29, 1.82) is 0 Å². The number of fused-ring (bicyclic) bond motifs is 1. The number of furan rings is 1. The Hall–Kier alpha value is -3.68. The van der Waals surface area contributed by atoms with Crippen molar-refractivity contribution >= 4 is 16.9 Å². The molecule has 4 rings (SSSR count). The summed E-state index contributed by atoms with van der Waals surface area (Å²) in [5.41, 5.74) is 9.35. The van der Waals surface area contributed by atoms with Crippen molar-refractivity contribution < 1.29 is 27.8 Å². The summed E-state index contributed by atoms with van der Waals surface area (Å²) in [4.78, 5) is 12.2. The molecule has 0 spiro atoms. The van der Waals surface area contributed by atoms with Gasteiger partial charge >= 0.3 is 5.97 Å². The highest BCUT2D eigenvalue weighted by molar-refractivity contribution is 5.93. The highest BCUT2D eigenvalue weighted by Gasteiger charge is 2.16. The van der Waals surface area contributed by atoms with Crippen LogP contribution in [0.2, 0.25) is 0 Å². The summed E-state index contributed by atoms with van der Waals surface area (Å²) in [6, 6.07) is 18.2. The van der Waals surface area contributed by atoms with Crippen molar-refractivity contribution in [1.82, 2.24) is 0 Å². The topological polar surface area (TPSA) is 83.9 Å². The minimum atomic E-state index is -0.361. The van der Waals surface area contributed by atoms with Crippen LogP contribution in [-0.2, 0) is 33.8 Å². The lowest BCUT2D eigenvalue weighted by atomic mass is 9.98. The van der Waals surface area contributed by atoms with E-state index in [1.807, 2.05) is 42.5 Å². The number of carbonyl (C=O) groups is 1. The molecule has 0 fully saturated rings. The van der Waals surface area contributed by atoms with E-state index in [0.717, 1.165) is 16.5 Å². The maximum Gasteiger partial charge on any atom is 0.310 e. The third-order valence-electron chi connectivity index (χ3n) is 5.66. The molecule has 0 saturated carbocycles. The van der Waals surface area contributed by atoms with Crippen LogP contribution in [0.15, 0.2) is 71.3 Å². The average Bonchev–Trinajstić information content (AvgIpc) is 3.35. The highest BCUT2D eigenvalue weighted by atomic mass is 19.1. The second-order valence-electron chi connectivity index (χ2n) is 8.11. The van der Waals surface area contributed by atoms with E-state index in [-0.39, 0.29) is 31.4 Å². The Labute approximate surface area is 203 Å². The SMILES string of the molecule is COCCCOC(=O)Cc1ccccc1OCc1cc(-c2cccc(CN)c2F)c2occc2c1. The number of halogens is 1. The van der Waals surface area contributed by atoms with E-state index >= 15 is 4.39 Å². The van der Waals surface area contributed by atoms with E-state index in [9.17, 15) is 4.79 Å². The first kappa shape index (κ1) is 24.4. The third-order valence-corrected chi connectivity index (χ3v) is 5.66. The first-order valence-corrected chi connectivity index (χ1v) is 11.4. The molecule has 0 aliphatic carbocycles. The molecule has 0 unspecified atom stereocenters. The monoisotopic (exact) mass is 477 g/mol. The van der Waals surface area contributed by atoms with Crippen LogP contribution in [0.25, 0.3) is 22.1 Å². The number of ether oxygens (including phenoxy) is 3. The number of nitrogens with two attached hydrogens (primary N) is 1. The van der Waals surface area contributed by atoms with Gasteiger partial charge in [-0.05, 0) is 29.8 Å². The van der Waals surface area contributed by atoms with Gasteiger partial charge in [-0.3, -0.25) is 4.79 Å². The van der Waals surface area contributed by atoms with Crippen molar-refractivity contribution in [3.63, 3.8) is 0 Å². The molecule has 1 aromatic heterocycles. The van der Waals surface area contributed by atoms with Crippen LogP contribution in [-0.4, -0.2) is 26.3 Å². The van der Waals surface area contributed by atoms with Crippen molar-refractivity contribution in [2.45, 2.75) is 26.0 Å². The summed E-state index contributed by atoms with van der Waals surface area (Å²) in [5.74, 6) is -0.0962. The standard InChI is InChI=1S/C28H28FNO5/c1-32-11-5-12-33-26(31)16-20-6-2-3-9-25(20)35-18-19-14-21-10-13-34-28(21)24(15-19)23-8-4-7-22(17-30)27(23)29/h2-4,6-10,13-15H,5,11-12,16-18,30H2,1H3. The molecule has 2 N–H and O–H groups in total. The zero-order chi connectivity index (χ0) is 24.6. The van der Waals surface area contributed by atoms with Gasteiger partial charge in [0.15, 0.2) is 0 Å². The summed E-state index contributed by atoms with van der Waals surface area (Å²) in [7, 11) is 1.61. The average molecular weight is 478 g/mol. The second-order valence-corrected chi connectivity index (χ2v) is 8.11. The summed E-state index contributed by atoms with van der Waals surface area (Å²) >= 11 is 0. The minimum Gasteiger partial charge on any atom is -0.489 e. The van der Waals surface area contributed by atoms with E-state index in [2.05, 4.69) is 0 Å². The summed E-state index contributed by atoms with van der Waals surface area (Å²) in [5, 5.41) is 0.839. The lowest BCUT2D eigenvalue weighted by Gasteiger charge is -2.13. The maximum atomic E-state index is 15.1. The first-order valence-electron chi connectivity index (χ1n) is 11.4. The molecule has 6 nitrogen and oxygen atoms in total. The number of hydrogen-bond donors (Lipinski definition) is 1. The molecule has 4 aromatic rings. The Kier molecular flexibility index (Phi) is 8.13. The van der Waals surface area contributed by atoms with Crippen molar-refractivity contribution in [3.8, 4) is 16.9 Å². The van der Waals surface area contributed by atoms with Crippen molar-refractivity contribution in [3.05, 3.63) is 89.4 Å². The van der Waals surface area contributed by atoms with E-state index in [4.69, 9.17) is 24.4 Å². The predicted molar refractivity (Wildman–Crippen MR) is 131 cm³/mol. The third kappa shape index (κ3) is 5.88. The van der Waals surface area contributed by atoms with E-state index in [1.54, 1.807) is 31.6 Å². The molecule has 182 valence electrons. The molecule has 0 atom stereocenters. The van der Waals surface area contributed by atoms with Crippen LogP contribution in [0.5, 0.6) is 5.75 Å². The maximum absolute atomic E-state index is 15.1. The van der Waals surface area contributed by atoms with Gasteiger partial charge in [0.2, 0.25) is 0 Å². The number of esters is 1. The van der Waals surface area contributed by atoms with E-state index in [0.29, 0.717) is 47.7 Å². The number of para-hydroxylation sites is 1. The van der Waals surface area contributed by atoms with Crippen LogP contribution in [0, 0.1) is 5.82 Å². The fourth-order valence-corrected chi connectivity index (χ4v) is 3.92. The lowest BCUT2D eigenvalue weighted by molar-refractivity contribution is -0.143. The number of methoxy groups -OCH3 is 1. The molecule has 0 amide bonds. The molecule has 3 aromatic carbocycles. The molecular formula is C28H28FNO5. The Morgan fingerprint density at radius 2 is 1.83 bits per heavy atom. The molecule has 0 saturated heterocycles. The Balaban J connectivity index is 1.54. The lowest BCUT2D eigenvalue weighted by Crippen LogP contribution is -2.11. The molecule has 1 heterocycles. The van der Waals surface area contributed by atoms with Crippen LogP contribution in [0.1, 0.15) is 23.1 Å². The zero-order valence-corrected chi connectivity index (χ0v) is 19.6. The van der Waals surface area contributed by atoms with Crippen molar-refractivity contribution in [2.24, 2.45) is 5.73 Å². The predicted octanol–water partition coefficient (Wildman–Crippen LogP) is 5.40. The Morgan fingerprint density at radius 1 is 1.00 bits per heavy atom. The van der Waals surface area contributed by atoms with Crippen molar-refractivity contribution in [2.75, 3.05) is 20.3 Å². The summed E-state index contributed by atoms with van der Waals surface area (Å²) in [6.07, 6.45) is 2.33.